The number of carbonyl (C=O) groups is 1. The summed E-state index contributed by atoms with van der Waals surface area (Å²) in [6.07, 6.45) is 3.49. The summed E-state index contributed by atoms with van der Waals surface area (Å²) < 4.78 is 18.5. The summed E-state index contributed by atoms with van der Waals surface area (Å²) >= 11 is 0. The Morgan fingerprint density at radius 1 is 1.38 bits per heavy atom. The van der Waals surface area contributed by atoms with Gasteiger partial charge in [-0.3, -0.25) is 4.79 Å². The summed E-state index contributed by atoms with van der Waals surface area (Å²) in [5, 5.41) is 13.2. The van der Waals surface area contributed by atoms with Crippen molar-refractivity contribution in [3.8, 4) is 0 Å². The van der Waals surface area contributed by atoms with Gasteiger partial charge in [-0.25, -0.2) is 4.39 Å². The van der Waals surface area contributed by atoms with E-state index in [0.29, 0.717) is 22.6 Å². The number of rotatable bonds is 6. The summed E-state index contributed by atoms with van der Waals surface area (Å²) in [5.41, 5.74) is 0.152. The Bertz CT molecular complexity index is 747. The molecule has 1 unspecified atom stereocenters. The van der Waals surface area contributed by atoms with Crippen molar-refractivity contribution in [1.82, 2.24) is 5.32 Å². The van der Waals surface area contributed by atoms with E-state index in [9.17, 15) is 14.3 Å². The maximum absolute atomic E-state index is 13.1. The Morgan fingerprint density at radius 3 is 2.75 bits per heavy atom. The minimum atomic E-state index is -1.20. The number of amides is 1. The van der Waals surface area contributed by atoms with Gasteiger partial charge in [0.15, 0.2) is 0 Å². The molecule has 0 aliphatic heterocycles. The molecular formula is C19H22FNO3. The quantitative estimate of drug-likeness (QED) is 0.852. The molecule has 4 nitrogen and oxygen atoms in total. The third-order valence-corrected chi connectivity index (χ3v) is 3.71. The molecule has 2 N–H and O–H groups in total. The van der Waals surface area contributed by atoms with E-state index < -0.39 is 5.60 Å². The van der Waals surface area contributed by atoms with Crippen LogP contribution in [0.1, 0.15) is 36.0 Å². The minimum absolute atomic E-state index is 0.0828. The molecule has 0 radical (unpaired) electrons. The molecule has 1 heterocycles. The van der Waals surface area contributed by atoms with Gasteiger partial charge < -0.3 is 14.8 Å². The highest BCUT2D eigenvalue weighted by atomic mass is 19.1. The van der Waals surface area contributed by atoms with E-state index in [1.54, 1.807) is 44.2 Å². The molecule has 1 aromatic heterocycles. The summed E-state index contributed by atoms with van der Waals surface area (Å²) in [4.78, 5) is 11.9. The lowest BCUT2D eigenvalue weighted by Crippen LogP contribution is -2.38. The Morgan fingerprint density at radius 2 is 2.12 bits per heavy atom. The zero-order valence-electron chi connectivity index (χ0n) is 14.1. The van der Waals surface area contributed by atoms with Crippen LogP contribution in [0.2, 0.25) is 0 Å². The lowest BCUT2D eigenvalue weighted by atomic mass is 9.96. The molecule has 1 amide bonds. The highest BCUT2D eigenvalue weighted by Gasteiger charge is 2.27. The fourth-order valence-electron chi connectivity index (χ4n) is 2.52. The van der Waals surface area contributed by atoms with Gasteiger partial charge in [0, 0.05) is 12.0 Å². The number of hydrogen-bond acceptors (Lipinski definition) is 3. The minimum Gasteiger partial charge on any atom is -0.466 e. The molecule has 128 valence electrons. The largest absolute Gasteiger partial charge is 0.466 e. The van der Waals surface area contributed by atoms with Crippen LogP contribution in [0.4, 0.5) is 4.39 Å². The van der Waals surface area contributed by atoms with Crippen molar-refractivity contribution in [3.05, 3.63) is 64.9 Å². The SMILES string of the molecule is Cc1cc(C(C)(O)CNC(=O)CC=Cc2cccc(F)c2)c(C)o1. The van der Waals surface area contributed by atoms with E-state index in [0.717, 1.165) is 0 Å². The number of furan rings is 1. The zero-order chi connectivity index (χ0) is 17.7. The normalized spacial score (nSPS) is 13.9. The molecule has 1 aromatic carbocycles. The van der Waals surface area contributed by atoms with Gasteiger partial charge in [0.25, 0.3) is 0 Å². The molecule has 24 heavy (non-hydrogen) atoms. The van der Waals surface area contributed by atoms with Gasteiger partial charge in [-0.2, -0.15) is 0 Å². The molecule has 2 rings (SSSR count). The van der Waals surface area contributed by atoms with Crippen molar-refractivity contribution in [2.45, 2.75) is 32.8 Å². The van der Waals surface area contributed by atoms with Crippen molar-refractivity contribution in [1.29, 1.82) is 0 Å². The summed E-state index contributed by atoms with van der Waals surface area (Å²) in [7, 11) is 0. The Balaban J connectivity index is 1.87. The number of benzene rings is 1. The van der Waals surface area contributed by atoms with E-state index in [4.69, 9.17) is 4.42 Å². The van der Waals surface area contributed by atoms with Gasteiger partial charge in [0.1, 0.15) is 22.9 Å². The Kier molecular flexibility index (Phi) is 5.57. The van der Waals surface area contributed by atoms with Gasteiger partial charge in [-0.1, -0.05) is 24.3 Å². The highest BCUT2D eigenvalue weighted by Crippen LogP contribution is 2.26. The van der Waals surface area contributed by atoms with Gasteiger partial charge in [-0.05, 0) is 44.5 Å². The van der Waals surface area contributed by atoms with E-state index in [2.05, 4.69) is 5.32 Å². The molecule has 0 spiro atoms. The monoisotopic (exact) mass is 331 g/mol. The van der Waals surface area contributed by atoms with E-state index in [-0.39, 0.29) is 24.7 Å². The second-order valence-corrected chi connectivity index (χ2v) is 6.04. The van der Waals surface area contributed by atoms with Gasteiger partial charge in [-0.15, -0.1) is 0 Å². The highest BCUT2D eigenvalue weighted by molar-refractivity contribution is 5.78. The Labute approximate surface area is 141 Å². The van der Waals surface area contributed by atoms with E-state index in [1.807, 2.05) is 6.92 Å². The first-order chi connectivity index (χ1) is 11.3. The van der Waals surface area contributed by atoms with Crippen LogP contribution >= 0.6 is 0 Å². The van der Waals surface area contributed by atoms with Crippen LogP contribution in [-0.4, -0.2) is 17.6 Å². The number of nitrogens with one attached hydrogen (secondary N) is 1. The van der Waals surface area contributed by atoms with Crippen LogP contribution in [0.3, 0.4) is 0 Å². The lowest BCUT2D eigenvalue weighted by molar-refractivity contribution is -0.121. The Hall–Kier alpha value is -2.40. The number of hydrogen-bond donors (Lipinski definition) is 2. The second-order valence-electron chi connectivity index (χ2n) is 6.04. The molecule has 0 bridgehead atoms. The average molecular weight is 331 g/mol. The third kappa shape index (κ3) is 4.80. The van der Waals surface area contributed by atoms with Crippen molar-refractivity contribution >= 4 is 12.0 Å². The number of aliphatic hydroxyl groups is 1. The van der Waals surface area contributed by atoms with Crippen LogP contribution in [0.15, 0.2) is 40.8 Å². The lowest BCUT2D eigenvalue weighted by Gasteiger charge is -2.23. The van der Waals surface area contributed by atoms with Crippen molar-refractivity contribution in [2.75, 3.05) is 6.54 Å². The summed E-state index contributed by atoms with van der Waals surface area (Å²) in [6.45, 7) is 5.30. The predicted molar refractivity (Wildman–Crippen MR) is 90.8 cm³/mol. The van der Waals surface area contributed by atoms with Crippen LogP contribution < -0.4 is 5.32 Å². The second kappa shape index (κ2) is 7.45. The summed E-state index contributed by atoms with van der Waals surface area (Å²) in [5.74, 6) is 0.814. The maximum atomic E-state index is 13.1. The maximum Gasteiger partial charge on any atom is 0.223 e. The molecule has 0 aliphatic rings. The number of aryl methyl sites for hydroxylation is 2. The molecule has 0 saturated heterocycles. The third-order valence-electron chi connectivity index (χ3n) is 3.71. The molecule has 0 fully saturated rings. The van der Waals surface area contributed by atoms with Crippen molar-refractivity contribution in [3.63, 3.8) is 0 Å². The summed E-state index contributed by atoms with van der Waals surface area (Å²) in [6, 6.07) is 7.90. The first-order valence-corrected chi connectivity index (χ1v) is 7.76. The van der Waals surface area contributed by atoms with Crippen LogP contribution in [0.5, 0.6) is 0 Å². The number of halogens is 1. The van der Waals surface area contributed by atoms with E-state index in [1.165, 1.54) is 12.1 Å². The standard InChI is InChI=1S/C19H22FNO3/c1-13-10-17(14(2)24-13)19(3,23)12-21-18(22)9-5-7-15-6-4-8-16(20)11-15/h4-8,10-11,23H,9,12H2,1-3H3,(H,21,22). The molecule has 5 heteroatoms. The number of carbonyl (C=O) groups excluding carboxylic acids is 1. The van der Waals surface area contributed by atoms with Gasteiger partial charge in [0.05, 0.1) is 6.54 Å². The fraction of sp³-hybridized carbons (Fsp3) is 0.316. The van der Waals surface area contributed by atoms with Crippen LogP contribution in [-0.2, 0) is 10.4 Å². The average Bonchev–Trinajstić information content (AvgIpc) is 2.85. The van der Waals surface area contributed by atoms with Crippen LogP contribution in [0, 0.1) is 19.7 Å². The molecule has 1 atom stereocenters. The van der Waals surface area contributed by atoms with Crippen LogP contribution in [0.25, 0.3) is 6.08 Å². The van der Waals surface area contributed by atoms with E-state index >= 15 is 0 Å². The first kappa shape index (κ1) is 17.9. The first-order valence-electron chi connectivity index (χ1n) is 7.76. The van der Waals surface area contributed by atoms with Gasteiger partial charge in [0.2, 0.25) is 5.91 Å². The fourth-order valence-corrected chi connectivity index (χ4v) is 2.52. The smallest absolute Gasteiger partial charge is 0.223 e. The van der Waals surface area contributed by atoms with Crippen molar-refractivity contribution in [2.24, 2.45) is 0 Å². The molecular weight excluding hydrogens is 309 g/mol. The van der Waals surface area contributed by atoms with Crippen molar-refractivity contribution < 1.29 is 18.7 Å². The predicted octanol–water partition coefficient (Wildman–Crippen LogP) is 3.46. The molecule has 2 aromatic rings. The molecule has 0 saturated carbocycles. The van der Waals surface area contributed by atoms with Gasteiger partial charge >= 0.3 is 0 Å². The molecule has 0 aliphatic carbocycles. The topological polar surface area (TPSA) is 62.5 Å². The zero-order valence-corrected chi connectivity index (χ0v) is 14.1.